The maximum Gasteiger partial charge on any atom is 0.123 e. The molecule has 2 aromatic carbocycles. The van der Waals surface area contributed by atoms with Crippen molar-refractivity contribution in [2.24, 2.45) is 0 Å². The van der Waals surface area contributed by atoms with Crippen LogP contribution in [0.4, 0.5) is 4.39 Å². The predicted molar refractivity (Wildman–Crippen MR) is 101 cm³/mol. The topological polar surface area (TPSA) is 50.1 Å². The van der Waals surface area contributed by atoms with E-state index in [1.807, 2.05) is 24.5 Å². The zero-order valence-corrected chi connectivity index (χ0v) is 14.7. The van der Waals surface area contributed by atoms with E-state index in [0.717, 1.165) is 60.9 Å². The van der Waals surface area contributed by atoms with Crippen LogP contribution in [-0.2, 0) is 6.54 Å². The van der Waals surface area contributed by atoms with Gasteiger partial charge in [0.05, 0.1) is 23.5 Å². The lowest BCUT2D eigenvalue weighted by molar-refractivity contribution is 0.0909. The molecule has 0 aliphatic carbocycles. The van der Waals surface area contributed by atoms with Crippen molar-refractivity contribution < 1.29 is 9.50 Å². The molecule has 5 heteroatoms. The van der Waals surface area contributed by atoms with E-state index in [2.05, 4.69) is 20.9 Å². The van der Waals surface area contributed by atoms with Gasteiger partial charge in [-0.2, -0.15) is 0 Å². The van der Waals surface area contributed by atoms with Crippen molar-refractivity contribution in [1.82, 2.24) is 14.9 Å². The number of imidazole rings is 1. The van der Waals surface area contributed by atoms with Gasteiger partial charge in [0, 0.05) is 12.6 Å². The van der Waals surface area contributed by atoms with Crippen LogP contribution in [0.25, 0.3) is 22.2 Å². The van der Waals surface area contributed by atoms with Gasteiger partial charge in [0.1, 0.15) is 5.82 Å². The van der Waals surface area contributed by atoms with Crippen LogP contribution in [-0.4, -0.2) is 33.3 Å². The SMILES string of the molecule is O[C@H]1CCCN[C@@H]1CCCn1cnc2cc(-c3cccc(F)c3)ccc21. The summed E-state index contributed by atoms with van der Waals surface area (Å²) in [5.41, 5.74) is 3.83. The van der Waals surface area contributed by atoms with Gasteiger partial charge in [-0.05, 0) is 67.6 Å². The van der Waals surface area contributed by atoms with Gasteiger partial charge in [-0.3, -0.25) is 0 Å². The first kappa shape index (κ1) is 17.2. The smallest absolute Gasteiger partial charge is 0.123 e. The summed E-state index contributed by atoms with van der Waals surface area (Å²) in [6.07, 6.45) is 5.54. The van der Waals surface area contributed by atoms with Crippen LogP contribution in [0, 0.1) is 5.82 Å². The highest BCUT2D eigenvalue weighted by atomic mass is 19.1. The van der Waals surface area contributed by atoms with Gasteiger partial charge in [0.2, 0.25) is 0 Å². The number of nitrogens with zero attached hydrogens (tertiary/aromatic N) is 2. The lowest BCUT2D eigenvalue weighted by atomic mass is 9.97. The Kier molecular flexibility index (Phi) is 5.00. The summed E-state index contributed by atoms with van der Waals surface area (Å²) in [5.74, 6) is -0.230. The summed E-state index contributed by atoms with van der Waals surface area (Å²) >= 11 is 0. The molecular formula is C21H24FN3O. The van der Waals surface area contributed by atoms with Gasteiger partial charge in [-0.15, -0.1) is 0 Å². The summed E-state index contributed by atoms with van der Waals surface area (Å²) in [4.78, 5) is 4.51. The molecule has 1 fully saturated rings. The minimum absolute atomic E-state index is 0.207. The fraction of sp³-hybridized carbons (Fsp3) is 0.381. The highest BCUT2D eigenvalue weighted by Crippen LogP contribution is 2.25. The Bertz CT molecular complexity index is 892. The molecule has 4 nitrogen and oxygen atoms in total. The van der Waals surface area contributed by atoms with Gasteiger partial charge in [-0.1, -0.05) is 18.2 Å². The third kappa shape index (κ3) is 3.64. The molecule has 0 bridgehead atoms. The number of rotatable bonds is 5. The maximum atomic E-state index is 13.4. The molecule has 2 atom stereocenters. The Labute approximate surface area is 152 Å². The van der Waals surface area contributed by atoms with Gasteiger partial charge in [-0.25, -0.2) is 9.37 Å². The first-order chi connectivity index (χ1) is 12.7. The summed E-state index contributed by atoms with van der Waals surface area (Å²) in [5, 5.41) is 13.5. The number of aromatic nitrogens is 2. The zero-order chi connectivity index (χ0) is 17.9. The number of benzene rings is 2. The molecule has 26 heavy (non-hydrogen) atoms. The molecule has 1 aliphatic rings. The van der Waals surface area contributed by atoms with Crippen LogP contribution >= 0.6 is 0 Å². The number of fused-ring (bicyclic) bond motifs is 1. The summed E-state index contributed by atoms with van der Waals surface area (Å²) in [6, 6.07) is 12.9. The van der Waals surface area contributed by atoms with E-state index in [4.69, 9.17) is 0 Å². The number of hydrogen-bond acceptors (Lipinski definition) is 3. The number of hydrogen-bond donors (Lipinski definition) is 2. The first-order valence-corrected chi connectivity index (χ1v) is 9.33. The van der Waals surface area contributed by atoms with Crippen LogP contribution in [0.1, 0.15) is 25.7 Å². The number of aliphatic hydroxyl groups excluding tert-OH is 1. The Balaban J connectivity index is 1.45. The van der Waals surface area contributed by atoms with Gasteiger partial charge >= 0.3 is 0 Å². The second-order valence-corrected chi connectivity index (χ2v) is 7.06. The van der Waals surface area contributed by atoms with E-state index in [1.165, 1.54) is 6.07 Å². The monoisotopic (exact) mass is 353 g/mol. The zero-order valence-electron chi connectivity index (χ0n) is 14.7. The fourth-order valence-electron chi connectivity index (χ4n) is 3.80. The Morgan fingerprint density at radius 2 is 2.08 bits per heavy atom. The Morgan fingerprint density at radius 3 is 2.92 bits per heavy atom. The third-order valence-corrected chi connectivity index (χ3v) is 5.24. The van der Waals surface area contributed by atoms with Gasteiger partial charge < -0.3 is 15.0 Å². The van der Waals surface area contributed by atoms with E-state index >= 15 is 0 Å². The molecule has 136 valence electrons. The molecule has 1 saturated heterocycles. The van der Waals surface area contributed by atoms with Crippen LogP contribution < -0.4 is 5.32 Å². The molecule has 1 aliphatic heterocycles. The molecule has 0 amide bonds. The second-order valence-electron chi connectivity index (χ2n) is 7.06. The third-order valence-electron chi connectivity index (χ3n) is 5.24. The van der Waals surface area contributed by atoms with Gasteiger partial charge in [0.15, 0.2) is 0 Å². The van der Waals surface area contributed by atoms with E-state index in [1.54, 1.807) is 12.1 Å². The van der Waals surface area contributed by atoms with Crippen molar-refractivity contribution >= 4 is 11.0 Å². The highest BCUT2D eigenvalue weighted by molar-refractivity contribution is 5.82. The Hall–Kier alpha value is -2.24. The Morgan fingerprint density at radius 1 is 1.19 bits per heavy atom. The largest absolute Gasteiger partial charge is 0.392 e. The van der Waals surface area contributed by atoms with E-state index < -0.39 is 0 Å². The predicted octanol–water partition coefficient (Wildman–Crippen LogP) is 3.74. The number of piperidine rings is 1. The molecule has 1 aromatic heterocycles. The number of nitrogens with one attached hydrogen (secondary N) is 1. The average Bonchev–Trinajstić information content (AvgIpc) is 3.06. The summed E-state index contributed by atoms with van der Waals surface area (Å²) in [6.45, 7) is 1.87. The van der Waals surface area contributed by atoms with Crippen LogP contribution in [0.5, 0.6) is 0 Å². The van der Waals surface area contributed by atoms with E-state index in [-0.39, 0.29) is 18.0 Å². The van der Waals surface area contributed by atoms with Crippen molar-refractivity contribution in [2.45, 2.75) is 44.4 Å². The normalized spacial score (nSPS) is 20.5. The standard InChI is InChI=1S/C21H24FN3O/c22-17-5-1-4-15(12-17)16-8-9-20-19(13-16)24-14-25(20)11-3-6-18-21(26)7-2-10-23-18/h1,4-5,8-9,12-14,18,21,23,26H,2-3,6-7,10-11H2/t18-,21+/m1/s1. The summed E-state index contributed by atoms with van der Waals surface area (Å²) < 4.78 is 15.6. The number of aryl methyl sites for hydroxylation is 1. The molecule has 4 rings (SSSR count). The van der Waals surface area contributed by atoms with Crippen molar-refractivity contribution in [1.29, 1.82) is 0 Å². The van der Waals surface area contributed by atoms with Gasteiger partial charge in [0.25, 0.3) is 0 Å². The molecule has 0 radical (unpaired) electrons. The van der Waals surface area contributed by atoms with Crippen molar-refractivity contribution in [2.75, 3.05) is 6.54 Å². The van der Waals surface area contributed by atoms with Crippen molar-refractivity contribution in [3.05, 3.63) is 54.6 Å². The van der Waals surface area contributed by atoms with Crippen LogP contribution in [0.15, 0.2) is 48.8 Å². The van der Waals surface area contributed by atoms with Crippen molar-refractivity contribution in [3.8, 4) is 11.1 Å². The molecular weight excluding hydrogens is 329 g/mol. The fourth-order valence-corrected chi connectivity index (χ4v) is 3.80. The maximum absolute atomic E-state index is 13.4. The molecule has 2 N–H and O–H groups in total. The molecule has 0 saturated carbocycles. The van der Waals surface area contributed by atoms with Crippen LogP contribution in [0.2, 0.25) is 0 Å². The average molecular weight is 353 g/mol. The number of aliphatic hydroxyl groups is 1. The van der Waals surface area contributed by atoms with E-state index in [9.17, 15) is 9.50 Å². The highest BCUT2D eigenvalue weighted by Gasteiger charge is 2.21. The minimum atomic E-state index is -0.230. The number of halogens is 1. The second kappa shape index (κ2) is 7.56. The lowest BCUT2D eigenvalue weighted by Crippen LogP contribution is -2.44. The minimum Gasteiger partial charge on any atom is -0.392 e. The molecule has 0 spiro atoms. The quantitative estimate of drug-likeness (QED) is 0.735. The molecule has 0 unspecified atom stereocenters. The first-order valence-electron chi connectivity index (χ1n) is 9.33. The van der Waals surface area contributed by atoms with E-state index in [0.29, 0.717) is 0 Å². The van der Waals surface area contributed by atoms with Crippen LogP contribution in [0.3, 0.4) is 0 Å². The molecule has 3 aromatic rings. The lowest BCUT2D eigenvalue weighted by Gasteiger charge is -2.29. The molecule has 2 heterocycles. The van der Waals surface area contributed by atoms with Crippen molar-refractivity contribution in [3.63, 3.8) is 0 Å². The summed E-state index contributed by atoms with van der Waals surface area (Å²) in [7, 11) is 0.